The summed E-state index contributed by atoms with van der Waals surface area (Å²) in [5.41, 5.74) is 0.951. The highest BCUT2D eigenvalue weighted by Crippen LogP contribution is 2.51. The lowest BCUT2D eigenvalue weighted by molar-refractivity contribution is -0.123. The number of carbonyl (C=O) groups excluding carboxylic acids is 4. The van der Waals surface area contributed by atoms with Gasteiger partial charge in [-0.3, -0.25) is 34.1 Å². The first-order valence-corrected chi connectivity index (χ1v) is 20.6. The molecule has 4 rings (SSSR count). The summed E-state index contributed by atoms with van der Waals surface area (Å²) in [4.78, 5) is 80.0. The van der Waals surface area contributed by atoms with Gasteiger partial charge in [0.15, 0.2) is 0 Å². The number of nitrogens with one attached hydrogen (secondary N) is 3. The Morgan fingerprint density at radius 3 is 2.38 bits per heavy atom. The third-order valence-corrected chi connectivity index (χ3v) is 11.6. The summed E-state index contributed by atoms with van der Waals surface area (Å²) in [6.45, 7) is 4.08. The molecule has 5 N–H and O–H groups in total. The molecule has 0 radical (unpaired) electrons. The second kappa shape index (κ2) is 21.1. The van der Waals surface area contributed by atoms with Crippen molar-refractivity contribution in [3.8, 4) is 0 Å². The molecule has 3 aromatic rings. The molecule has 0 fully saturated rings. The summed E-state index contributed by atoms with van der Waals surface area (Å²) in [6, 6.07) is 13.6. The predicted octanol–water partition coefficient (Wildman–Crippen LogP) is 3.44. The Morgan fingerprint density at radius 1 is 1.02 bits per heavy atom. The minimum Gasteiger partial charge on any atom is -0.449 e. The van der Waals surface area contributed by atoms with Crippen molar-refractivity contribution in [2.24, 2.45) is 5.92 Å². The molecular formula is C35H46BN6O12P2+. The first kappa shape index (κ1) is 44.1. The quantitative estimate of drug-likeness (QED) is 0.0702. The Labute approximate surface area is 325 Å². The monoisotopic (exact) mass is 815 g/mol. The molecule has 2 unspecified atom stereocenters. The highest BCUT2D eigenvalue weighted by molar-refractivity contribution is 7.65. The van der Waals surface area contributed by atoms with E-state index in [1.54, 1.807) is 18.2 Å². The van der Waals surface area contributed by atoms with Crippen molar-refractivity contribution in [3.63, 3.8) is 0 Å². The number of benzene rings is 2. The van der Waals surface area contributed by atoms with E-state index >= 15 is 0 Å². The van der Waals surface area contributed by atoms with Crippen LogP contribution in [0.5, 0.6) is 0 Å². The Bertz CT molecular complexity index is 1870. The lowest BCUT2D eigenvalue weighted by atomic mass is 9.73. The lowest BCUT2D eigenvalue weighted by Crippen LogP contribution is -2.56. The standard InChI is InChI=1S/C35H45BN6O12P2/c1-23(2)17-30(40-32(44)28(18-24-9-6-5-7-10-24)39-33(45)29-20-37-14-15-38-29)36-53-21-25-12-13-27(19-26(25)22-54-36)42(3)35(46)52-16-8-11-31(43)41-34(55(47)51-4)56(48,49)50/h5-7,9-10,12-15,19-20,23,28,30,34H,8,11,16-18,21-22H2,1-4H3,(H4-,39,40,41,43,44,45,48,49,50)/p+1/t28-,30-,34?/m1/s1. The maximum absolute atomic E-state index is 13.9. The maximum atomic E-state index is 13.9. The number of hydrogen-bond acceptors (Lipinski definition) is 12. The SMILES string of the molecule is CO[P+](=O)C(NC(=O)CCCOC(=O)N(C)c1ccc2c(c1)COB([C@@H](CC(C)C)NC(=O)[C@@H](Cc1ccccc1)NC(=O)c1cnccn1)OC2)P(=O)(O)O. The predicted molar refractivity (Wildman–Crippen MR) is 204 cm³/mol. The average molecular weight is 816 g/mol. The Kier molecular flexibility index (Phi) is 16.6. The van der Waals surface area contributed by atoms with Crippen molar-refractivity contribution in [2.75, 3.05) is 25.7 Å². The minimum absolute atomic E-state index is 0.0228. The molecule has 0 saturated carbocycles. The summed E-state index contributed by atoms with van der Waals surface area (Å²) < 4.78 is 45.5. The second-order valence-electron chi connectivity index (χ2n) is 13.3. The van der Waals surface area contributed by atoms with E-state index in [4.69, 9.17) is 14.0 Å². The molecule has 2 heterocycles. The van der Waals surface area contributed by atoms with Crippen molar-refractivity contribution in [1.29, 1.82) is 0 Å². The molecule has 2 aromatic carbocycles. The summed E-state index contributed by atoms with van der Waals surface area (Å²) in [7, 11) is -6.15. The van der Waals surface area contributed by atoms with Crippen molar-refractivity contribution in [3.05, 3.63) is 89.5 Å². The molecule has 18 nitrogen and oxygen atoms in total. The van der Waals surface area contributed by atoms with E-state index in [0.29, 0.717) is 12.1 Å². The third kappa shape index (κ3) is 13.3. The number of rotatable bonds is 18. The number of aromatic nitrogens is 2. The summed E-state index contributed by atoms with van der Waals surface area (Å²) >= 11 is 0. The number of anilines is 1. The van der Waals surface area contributed by atoms with Crippen LogP contribution >= 0.6 is 15.6 Å². The van der Waals surface area contributed by atoms with Crippen LogP contribution in [0.25, 0.3) is 0 Å². The summed E-state index contributed by atoms with van der Waals surface area (Å²) in [6.07, 6.45) is 3.93. The topological polar surface area (TPSA) is 245 Å². The third-order valence-electron chi connectivity index (χ3n) is 8.50. The van der Waals surface area contributed by atoms with Gasteiger partial charge in [-0.25, -0.2) is 9.78 Å². The van der Waals surface area contributed by atoms with Gasteiger partial charge in [0.05, 0.1) is 39.1 Å². The molecule has 1 aliphatic heterocycles. The van der Waals surface area contributed by atoms with Crippen LogP contribution in [0.3, 0.4) is 0 Å². The van der Waals surface area contributed by atoms with E-state index < -0.39 is 64.1 Å². The van der Waals surface area contributed by atoms with E-state index in [9.17, 15) is 38.1 Å². The number of nitrogens with zero attached hydrogens (tertiary/aromatic N) is 3. The zero-order valence-corrected chi connectivity index (χ0v) is 33.2. The van der Waals surface area contributed by atoms with E-state index in [0.717, 1.165) is 23.8 Å². The molecule has 0 aliphatic carbocycles. The van der Waals surface area contributed by atoms with Gasteiger partial charge in [-0.05, 0) is 52.1 Å². The van der Waals surface area contributed by atoms with Crippen LogP contribution in [0.1, 0.15) is 60.3 Å². The first-order valence-electron chi connectivity index (χ1n) is 17.7. The summed E-state index contributed by atoms with van der Waals surface area (Å²) in [5.74, 6) is -2.23. The van der Waals surface area contributed by atoms with Gasteiger partial charge in [0.25, 0.3) is 5.91 Å². The van der Waals surface area contributed by atoms with E-state index in [1.807, 2.05) is 49.5 Å². The van der Waals surface area contributed by atoms with Crippen LogP contribution in [-0.2, 0) is 56.9 Å². The van der Waals surface area contributed by atoms with Crippen molar-refractivity contribution in [2.45, 2.75) is 70.3 Å². The number of carbonyl (C=O) groups is 4. The average Bonchev–Trinajstić information content (AvgIpc) is 3.40. The molecule has 0 saturated heterocycles. The smallest absolute Gasteiger partial charge is 0.449 e. The normalized spacial score (nSPS) is 14.7. The van der Waals surface area contributed by atoms with Gasteiger partial charge in [0, 0.05) is 38.0 Å². The van der Waals surface area contributed by atoms with Crippen LogP contribution < -0.4 is 20.9 Å². The van der Waals surface area contributed by atoms with Gasteiger partial charge >= 0.3 is 34.4 Å². The first-order chi connectivity index (χ1) is 26.7. The Morgan fingerprint density at radius 2 is 1.73 bits per heavy atom. The van der Waals surface area contributed by atoms with Crippen LogP contribution in [0.2, 0.25) is 0 Å². The largest absolute Gasteiger partial charge is 0.546 e. The minimum atomic E-state index is -4.95. The molecule has 56 heavy (non-hydrogen) atoms. The van der Waals surface area contributed by atoms with Gasteiger partial charge in [0.2, 0.25) is 11.8 Å². The molecule has 21 heteroatoms. The van der Waals surface area contributed by atoms with Crippen LogP contribution in [0.4, 0.5) is 10.5 Å². The highest BCUT2D eigenvalue weighted by atomic mass is 31.2. The molecular weight excluding hydrogens is 769 g/mol. The summed E-state index contributed by atoms with van der Waals surface area (Å²) in [5, 5.41) is 7.87. The van der Waals surface area contributed by atoms with Gasteiger partial charge in [-0.1, -0.05) is 50.2 Å². The fourth-order valence-electron chi connectivity index (χ4n) is 5.63. The Balaban J connectivity index is 1.36. The lowest BCUT2D eigenvalue weighted by Gasteiger charge is -2.27. The second-order valence-corrected chi connectivity index (χ2v) is 16.8. The maximum Gasteiger partial charge on any atom is 0.546 e. The van der Waals surface area contributed by atoms with E-state index in [1.165, 1.54) is 30.5 Å². The number of hydrogen-bond donors (Lipinski definition) is 5. The van der Waals surface area contributed by atoms with Gasteiger partial charge in [-0.15, -0.1) is 4.52 Å². The fourth-order valence-corrected chi connectivity index (χ4v) is 7.65. The zero-order valence-electron chi connectivity index (χ0n) is 31.4. The Hall–Kier alpha value is -4.61. The van der Waals surface area contributed by atoms with Crippen LogP contribution in [-0.4, -0.2) is 89.0 Å². The van der Waals surface area contributed by atoms with Gasteiger partial charge in [-0.2, -0.15) is 0 Å². The number of fused-ring (bicyclic) bond motifs is 1. The molecule has 300 valence electrons. The van der Waals surface area contributed by atoms with E-state index in [2.05, 4.69) is 25.1 Å². The van der Waals surface area contributed by atoms with Crippen molar-refractivity contribution < 1.29 is 56.7 Å². The van der Waals surface area contributed by atoms with Crippen LogP contribution in [0, 0.1) is 5.92 Å². The molecule has 4 atom stereocenters. The number of amides is 4. The van der Waals surface area contributed by atoms with Crippen molar-refractivity contribution >= 4 is 52.2 Å². The molecule has 1 aliphatic rings. The fraction of sp³-hybridized carbons (Fsp3) is 0.429. The van der Waals surface area contributed by atoms with Gasteiger partial charge in [0.1, 0.15) is 11.7 Å². The van der Waals surface area contributed by atoms with E-state index in [-0.39, 0.29) is 50.7 Å². The van der Waals surface area contributed by atoms with Crippen LogP contribution in [0.15, 0.2) is 67.1 Å². The van der Waals surface area contributed by atoms with Crippen molar-refractivity contribution in [1.82, 2.24) is 25.9 Å². The molecule has 0 spiro atoms. The van der Waals surface area contributed by atoms with Gasteiger partial charge < -0.3 is 34.5 Å². The zero-order chi connectivity index (χ0) is 40.8. The molecule has 1 aromatic heterocycles. The number of ether oxygens (including phenoxy) is 1. The molecule has 4 amide bonds. The highest BCUT2D eigenvalue weighted by Gasteiger charge is 2.48. The molecule has 0 bridgehead atoms.